The fourth-order valence-electron chi connectivity index (χ4n) is 16.0. The van der Waals surface area contributed by atoms with E-state index < -0.39 is 0 Å². The van der Waals surface area contributed by atoms with Crippen LogP contribution in [-0.2, 0) is 14.1 Å². The Kier molecular flexibility index (Phi) is 28.8. The molecule has 124 heavy (non-hydrogen) atoms. The van der Waals surface area contributed by atoms with E-state index in [-0.39, 0.29) is 0 Å². The minimum absolute atomic E-state index is 0.966. The third-order valence-electron chi connectivity index (χ3n) is 22.8. The maximum atomic E-state index is 5.73. The molecule has 0 aliphatic heterocycles. The molecule has 0 saturated heterocycles. The first-order chi connectivity index (χ1) is 59.6. The van der Waals surface area contributed by atoms with Crippen LogP contribution >= 0.6 is 22.7 Å². The Hall–Kier alpha value is -13.0. The highest BCUT2D eigenvalue weighted by atomic mass is 32.1. The van der Waals surface area contributed by atoms with E-state index in [0.29, 0.717) is 0 Å². The van der Waals surface area contributed by atoms with E-state index in [4.69, 9.17) is 8.83 Å². The number of aromatic nitrogens is 2. The number of aryl methyl sites for hydroxylation is 19. The van der Waals surface area contributed by atoms with Gasteiger partial charge in [0, 0.05) is 128 Å². The zero-order chi connectivity index (χ0) is 88.0. The summed E-state index contributed by atoms with van der Waals surface area (Å²) in [6, 6.07) is 116. The number of furan rings is 2. The van der Waals surface area contributed by atoms with Crippen molar-refractivity contribution in [3.8, 4) is 0 Å². The predicted octanol–water partition coefficient (Wildman–Crippen LogP) is 34.0. The molecule has 0 radical (unpaired) electrons. The molecule has 0 atom stereocenters. The van der Waals surface area contributed by atoms with Gasteiger partial charge in [0.1, 0.15) is 22.3 Å². The average Bonchev–Trinajstić information content (AvgIpc) is 1.57. The summed E-state index contributed by atoms with van der Waals surface area (Å²) in [5.74, 6) is 0. The summed E-state index contributed by atoms with van der Waals surface area (Å²) >= 11 is 3.76. The van der Waals surface area contributed by atoms with Gasteiger partial charge in [0.25, 0.3) is 0 Å². The molecule has 6 aromatic heterocycles. The molecule has 5 nitrogen and oxygen atoms in total. The van der Waals surface area contributed by atoms with Crippen LogP contribution in [0.15, 0.2) is 336 Å². The number of para-hydroxylation sites is 3. The van der Waals surface area contributed by atoms with Crippen LogP contribution < -0.4 is 4.90 Å². The van der Waals surface area contributed by atoms with Crippen molar-refractivity contribution in [3.63, 3.8) is 0 Å². The van der Waals surface area contributed by atoms with Gasteiger partial charge in [0.05, 0.1) is 11.0 Å². The summed E-state index contributed by atoms with van der Waals surface area (Å²) in [7, 11) is 8.41. The Labute approximate surface area is 741 Å². The molecule has 22 rings (SSSR count). The second-order valence-corrected chi connectivity index (χ2v) is 35.8. The fourth-order valence-corrected chi connectivity index (χ4v) is 18.2. The van der Waals surface area contributed by atoms with Crippen LogP contribution in [0.5, 0.6) is 0 Å². The van der Waals surface area contributed by atoms with Crippen LogP contribution in [0.1, 0.15) is 94.6 Å². The predicted molar refractivity (Wildman–Crippen MR) is 548 cm³/mol. The lowest BCUT2D eigenvalue weighted by Crippen LogP contribution is -2.07. The third-order valence-corrected chi connectivity index (χ3v) is 25.3. The SMILES string of the molecule is Cc1cc(C)c(C)cc1C.Cc1cc(C)cc(C)c1.Cc1ccc(C)cc1.Cc1ccc(N(C)C)cc1.Cc1ccc2c(c1)c1cc3c4ccccc4n(C)c3cc1n2C.Cc1ccc2c(c1)oc1ccccc12.Cc1ccc2oc3ccccc3c2c1.Cc1ccc2sc3ccccc3c2c1.Cc1cccc(C)c1.Cc1cccc2c1sc1ccccc12. The molecule has 0 bridgehead atoms. The highest BCUT2D eigenvalue weighted by Gasteiger charge is 2.15. The van der Waals surface area contributed by atoms with E-state index in [1.165, 1.54) is 206 Å². The van der Waals surface area contributed by atoms with Crippen LogP contribution in [0.25, 0.3) is 128 Å². The summed E-state index contributed by atoms with van der Waals surface area (Å²) in [5.41, 5.74) is 33.1. The largest absolute Gasteiger partial charge is 0.456 e. The molecule has 0 fully saturated rings. The maximum absolute atomic E-state index is 5.73. The summed E-state index contributed by atoms with van der Waals surface area (Å²) < 4.78 is 21.6. The maximum Gasteiger partial charge on any atom is 0.135 e. The van der Waals surface area contributed by atoms with Crippen molar-refractivity contribution in [2.75, 3.05) is 19.0 Å². The molecule has 0 amide bonds. The quantitative estimate of drug-likeness (QED) is 0.164. The van der Waals surface area contributed by atoms with Crippen molar-refractivity contribution in [3.05, 3.63) is 422 Å². The number of nitrogens with zero attached hydrogens (tertiary/aromatic N) is 3. The van der Waals surface area contributed by atoms with Gasteiger partial charge in [-0.3, -0.25) is 0 Å². The van der Waals surface area contributed by atoms with E-state index in [1.807, 2.05) is 79.2 Å². The number of hydrogen-bond acceptors (Lipinski definition) is 5. The third kappa shape index (κ3) is 21.7. The van der Waals surface area contributed by atoms with E-state index in [1.54, 1.807) is 0 Å². The lowest BCUT2D eigenvalue weighted by atomic mass is 10.0. The molecular weight excluding hydrogens is 1540 g/mol. The van der Waals surface area contributed by atoms with Gasteiger partial charge in [-0.15, -0.1) is 22.7 Å². The summed E-state index contributed by atoms with van der Waals surface area (Å²) in [4.78, 5) is 2.10. The van der Waals surface area contributed by atoms with E-state index in [9.17, 15) is 0 Å². The molecule has 16 aromatic carbocycles. The molecule has 624 valence electrons. The van der Waals surface area contributed by atoms with Gasteiger partial charge >= 0.3 is 0 Å². The summed E-state index contributed by atoms with van der Waals surface area (Å²) in [6.07, 6.45) is 0. The first-order valence-corrected chi connectivity index (χ1v) is 44.5. The van der Waals surface area contributed by atoms with Crippen LogP contribution in [0, 0.1) is 118 Å². The minimum atomic E-state index is 0.966. The number of benzene rings is 16. The van der Waals surface area contributed by atoms with Crippen molar-refractivity contribution in [2.24, 2.45) is 14.1 Å². The number of fused-ring (bicyclic) bond motifs is 18. The van der Waals surface area contributed by atoms with Crippen molar-refractivity contribution in [1.82, 2.24) is 9.13 Å². The Morgan fingerprint density at radius 1 is 0.202 bits per heavy atom. The molecule has 0 aliphatic carbocycles. The monoisotopic (exact) mass is 1660 g/mol. The van der Waals surface area contributed by atoms with E-state index in [2.05, 4.69) is 431 Å². The molecular formula is C117H117N3O2S2. The first kappa shape index (κ1) is 88.7. The van der Waals surface area contributed by atoms with Gasteiger partial charge in [-0.05, 0) is 248 Å². The van der Waals surface area contributed by atoms with Crippen LogP contribution in [-0.4, -0.2) is 23.2 Å². The van der Waals surface area contributed by atoms with Gasteiger partial charge in [0.2, 0.25) is 0 Å². The molecule has 0 saturated carbocycles. The van der Waals surface area contributed by atoms with Crippen LogP contribution in [0.3, 0.4) is 0 Å². The highest BCUT2D eigenvalue weighted by Crippen LogP contribution is 2.39. The Bertz CT molecular complexity index is 7160. The van der Waals surface area contributed by atoms with Crippen LogP contribution in [0.4, 0.5) is 5.69 Å². The molecule has 0 unspecified atom stereocenters. The molecule has 22 aromatic rings. The zero-order valence-electron chi connectivity index (χ0n) is 76.2. The van der Waals surface area contributed by atoms with Crippen molar-refractivity contribution in [2.45, 2.75) is 118 Å². The average molecular weight is 1660 g/mol. The van der Waals surface area contributed by atoms with Gasteiger partial charge in [-0.1, -0.05) is 292 Å². The summed E-state index contributed by atoms with van der Waals surface area (Å²) in [5, 5.41) is 15.7. The zero-order valence-corrected chi connectivity index (χ0v) is 77.8. The second-order valence-electron chi connectivity index (χ2n) is 33.6. The van der Waals surface area contributed by atoms with Gasteiger partial charge in [-0.25, -0.2) is 0 Å². The van der Waals surface area contributed by atoms with Gasteiger partial charge in [0.15, 0.2) is 0 Å². The molecule has 0 aliphatic rings. The van der Waals surface area contributed by atoms with Gasteiger partial charge in [-0.2, -0.15) is 0 Å². The number of thiophene rings is 2. The van der Waals surface area contributed by atoms with E-state index in [0.717, 1.165) is 22.3 Å². The number of hydrogen-bond donors (Lipinski definition) is 0. The Morgan fingerprint density at radius 2 is 0.556 bits per heavy atom. The fraction of sp³-hybridized carbons (Fsp3) is 0.179. The van der Waals surface area contributed by atoms with Gasteiger partial charge < -0.3 is 22.9 Å². The van der Waals surface area contributed by atoms with Crippen LogP contribution in [0.2, 0.25) is 0 Å². The highest BCUT2D eigenvalue weighted by molar-refractivity contribution is 7.26. The van der Waals surface area contributed by atoms with Crippen molar-refractivity contribution >= 4 is 156 Å². The standard InChI is InChI=1S/C21H18N2.2C13H10O.2C13H10S.C10H14.C9H13N.C9H12.2C8H10/c1-13-8-9-19-15(10-13)17-11-16-14-6-4-5-7-18(14)22(2)20(16)12-21(17)23(19)3;1-9-6-7-13-11(8-9)10-4-2-3-5-12(10)14-13;1-9-6-7-11-10-4-2-3-5-12(10)14-13(11)8-9;1-9-5-4-7-11-10-6-2-3-8-12(10)14-13(9)11;1-9-6-7-13-11(8-9)10-4-2-3-5-12(10)14-13;1-7-5-9(3)10(4)6-8(7)2;1-8-4-6-9(7-5-8)10(2)3;1-7-4-8(2)6-9(3)5-7;1-7-3-5-8(2)6-4-7;1-7-4-3-5-8(2)6-7/h4-12H,1-3H3;4*2-8H,1H3;5-6H,1-4H3;4-7H,1-3H3;4-6H,1-3H3;2*3-6H,1-2H3. The van der Waals surface area contributed by atoms with Crippen molar-refractivity contribution < 1.29 is 8.83 Å². The number of rotatable bonds is 1. The van der Waals surface area contributed by atoms with Crippen molar-refractivity contribution in [1.29, 1.82) is 0 Å². The Morgan fingerprint density at radius 3 is 1.10 bits per heavy atom. The lowest BCUT2D eigenvalue weighted by Gasteiger charge is -2.11. The molecule has 6 heterocycles. The molecule has 0 spiro atoms. The molecule has 0 N–H and O–H groups in total. The molecule has 7 heteroatoms. The Balaban J connectivity index is 0.000000121. The topological polar surface area (TPSA) is 39.4 Å². The van der Waals surface area contributed by atoms with E-state index >= 15 is 0 Å². The number of anilines is 1. The normalized spacial score (nSPS) is 10.8. The first-order valence-electron chi connectivity index (χ1n) is 42.9. The summed E-state index contributed by atoms with van der Waals surface area (Å²) in [6.45, 7) is 36.2. The minimum Gasteiger partial charge on any atom is -0.456 e. The lowest BCUT2D eigenvalue weighted by molar-refractivity contribution is 0.668. The second kappa shape index (κ2) is 40.3. The smallest absolute Gasteiger partial charge is 0.135 e.